The molecule has 0 bridgehead atoms. The van der Waals surface area contributed by atoms with Gasteiger partial charge in [0.25, 0.3) is 5.91 Å². The minimum atomic E-state index is -0.232. The molecule has 0 aliphatic heterocycles. The van der Waals surface area contributed by atoms with Gasteiger partial charge in [0.15, 0.2) is 10.4 Å². The van der Waals surface area contributed by atoms with Gasteiger partial charge in [-0.1, -0.05) is 11.6 Å². The van der Waals surface area contributed by atoms with E-state index in [0.717, 1.165) is 0 Å². The maximum absolute atomic E-state index is 12.2. The molecule has 0 aromatic carbocycles. The molecule has 0 aliphatic carbocycles. The summed E-state index contributed by atoms with van der Waals surface area (Å²) in [5.41, 5.74) is 0.261. The Morgan fingerprint density at radius 3 is 2.84 bits per heavy atom. The van der Waals surface area contributed by atoms with Crippen molar-refractivity contribution < 1.29 is 9.21 Å². The van der Waals surface area contributed by atoms with Crippen LogP contribution in [0.25, 0.3) is 0 Å². The molecule has 1 amide bonds. The van der Waals surface area contributed by atoms with Gasteiger partial charge in [0.05, 0.1) is 11.6 Å². The SMILES string of the molecule is CCn1cc(Cl)c(C(=O)N(C)Cc2ccc(Br)o2)n1. The summed E-state index contributed by atoms with van der Waals surface area (Å²) in [4.78, 5) is 13.7. The third-order valence-corrected chi connectivity index (χ3v) is 3.31. The van der Waals surface area contributed by atoms with E-state index < -0.39 is 0 Å². The fourth-order valence-corrected chi connectivity index (χ4v) is 2.20. The molecule has 0 unspecified atom stereocenters. The van der Waals surface area contributed by atoms with E-state index in [1.165, 1.54) is 4.90 Å². The first-order valence-electron chi connectivity index (χ1n) is 5.74. The molecule has 0 saturated carbocycles. The Labute approximate surface area is 124 Å². The van der Waals surface area contributed by atoms with E-state index in [9.17, 15) is 4.79 Å². The molecule has 2 aromatic rings. The van der Waals surface area contributed by atoms with Crippen LogP contribution in [0.15, 0.2) is 27.4 Å². The largest absolute Gasteiger partial charge is 0.452 e. The molecular formula is C12H13BrClN3O2. The number of hydrogen-bond acceptors (Lipinski definition) is 3. The minimum absolute atomic E-state index is 0.232. The molecule has 0 N–H and O–H groups in total. The monoisotopic (exact) mass is 345 g/mol. The van der Waals surface area contributed by atoms with Gasteiger partial charge < -0.3 is 9.32 Å². The number of furan rings is 1. The van der Waals surface area contributed by atoms with Crippen molar-refractivity contribution in [3.63, 3.8) is 0 Å². The molecule has 2 heterocycles. The van der Waals surface area contributed by atoms with E-state index in [4.69, 9.17) is 16.0 Å². The molecule has 0 fully saturated rings. The fraction of sp³-hybridized carbons (Fsp3) is 0.333. The lowest BCUT2D eigenvalue weighted by Crippen LogP contribution is -2.26. The van der Waals surface area contributed by atoms with Crippen molar-refractivity contribution in [3.05, 3.63) is 39.5 Å². The number of halogens is 2. The average molecular weight is 347 g/mol. The van der Waals surface area contributed by atoms with Gasteiger partial charge in [-0.15, -0.1) is 0 Å². The van der Waals surface area contributed by atoms with E-state index in [-0.39, 0.29) is 11.6 Å². The van der Waals surface area contributed by atoms with Gasteiger partial charge in [0, 0.05) is 19.8 Å². The second-order valence-electron chi connectivity index (χ2n) is 4.05. The molecule has 0 aliphatic rings. The Kier molecular flexibility index (Phi) is 4.31. The Balaban J connectivity index is 2.12. The Bertz CT molecular complexity index is 594. The first kappa shape index (κ1) is 14.1. The molecular weight excluding hydrogens is 334 g/mol. The number of carbonyl (C=O) groups is 1. The molecule has 19 heavy (non-hydrogen) atoms. The van der Waals surface area contributed by atoms with Crippen molar-refractivity contribution in [1.82, 2.24) is 14.7 Å². The predicted molar refractivity (Wildman–Crippen MR) is 75.1 cm³/mol. The van der Waals surface area contributed by atoms with Gasteiger partial charge in [-0.25, -0.2) is 0 Å². The van der Waals surface area contributed by atoms with Gasteiger partial charge in [0.2, 0.25) is 0 Å². The van der Waals surface area contributed by atoms with Crippen LogP contribution in [0.5, 0.6) is 0 Å². The highest BCUT2D eigenvalue weighted by Gasteiger charge is 2.20. The molecule has 2 rings (SSSR count). The summed E-state index contributed by atoms with van der Waals surface area (Å²) >= 11 is 9.23. The number of carbonyl (C=O) groups excluding carboxylic acids is 1. The summed E-state index contributed by atoms with van der Waals surface area (Å²) in [5.74, 6) is 0.457. The third kappa shape index (κ3) is 3.19. The van der Waals surface area contributed by atoms with Crippen molar-refractivity contribution in [1.29, 1.82) is 0 Å². The molecule has 102 valence electrons. The Morgan fingerprint density at radius 1 is 1.58 bits per heavy atom. The lowest BCUT2D eigenvalue weighted by Gasteiger charge is -2.14. The van der Waals surface area contributed by atoms with Gasteiger partial charge in [-0.2, -0.15) is 5.10 Å². The smallest absolute Gasteiger partial charge is 0.276 e. The maximum Gasteiger partial charge on any atom is 0.276 e. The topological polar surface area (TPSA) is 51.3 Å². The summed E-state index contributed by atoms with van der Waals surface area (Å²) in [6.45, 7) is 2.96. The number of hydrogen-bond donors (Lipinski definition) is 0. The number of aryl methyl sites for hydroxylation is 1. The first-order chi connectivity index (χ1) is 9.01. The lowest BCUT2D eigenvalue weighted by molar-refractivity contribution is 0.0768. The van der Waals surface area contributed by atoms with Crippen molar-refractivity contribution >= 4 is 33.4 Å². The zero-order valence-electron chi connectivity index (χ0n) is 10.6. The molecule has 2 aromatic heterocycles. The van der Waals surface area contributed by atoms with Crippen molar-refractivity contribution in [2.75, 3.05) is 7.05 Å². The predicted octanol–water partition coefficient (Wildman–Crippen LogP) is 3.18. The maximum atomic E-state index is 12.2. The zero-order valence-corrected chi connectivity index (χ0v) is 12.9. The van der Waals surface area contributed by atoms with Gasteiger partial charge in [-0.05, 0) is 35.0 Å². The van der Waals surface area contributed by atoms with Crippen LogP contribution in [0.3, 0.4) is 0 Å². The highest BCUT2D eigenvalue weighted by atomic mass is 79.9. The number of nitrogens with zero attached hydrogens (tertiary/aromatic N) is 3. The van der Waals surface area contributed by atoms with E-state index >= 15 is 0 Å². The summed E-state index contributed by atoms with van der Waals surface area (Å²) in [5, 5.41) is 4.51. The van der Waals surface area contributed by atoms with Crippen LogP contribution >= 0.6 is 27.5 Å². The van der Waals surface area contributed by atoms with E-state index in [0.29, 0.717) is 28.5 Å². The van der Waals surface area contributed by atoms with Crippen molar-refractivity contribution in [2.24, 2.45) is 0 Å². The first-order valence-corrected chi connectivity index (χ1v) is 6.91. The molecule has 0 radical (unpaired) electrons. The third-order valence-electron chi connectivity index (χ3n) is 2.61. The molecule has 0 spiro atoms. The number of rotatable bonds is 4. The van der Waals surface area contributed by atoms with Crippen LogP contribution in [0.1, 0.15) is 23.2 Å². The van der Waals surface area contributed by atoms with E-state index in [1.807, 2.05) is 6.92 Å². The number of amides is 1. The van der Waals surface area contributed by atoms with Crippen molar-refractivity contribution in [2.45, 2.75) is 20.0 Å². The van der Waals surface area contributed by atoms with Crippen LogP contribution in [0.2, 0.25) is 5.02 Å². The summed E-state index contributed by atoms with van der Waals surface area (Å²) in [7, 11) is 1.68. The van der Waals surface area contributed by atoms with Gasteiger partial charge in [-0.3, -0.25) is 9.48 Å². The summed E-state index contributed by atoms with van der Waals surface area (Å²) < 4.78 is 7.63. The molecule has 0 saturated heterocycles. The number of aromatic nitrogens is 2. The fourth-order valence-electron chi connectivity index (χ4n) is 1.63. The average Bonchev–Trinajstić information content (AvgIpc) is 2.94. The van der Waals surface area contributed by atoms with Crippen LogP contribution in [0.4, 0.5) is 0 Å². The van der Waals surface area contributed by atoms with E-state index in [2.05, 4.69) is 21.0 Å². The van der Waals surface area contributed by atoms with Crippen molar-refractivity contribution in [3.8, 4) is 0 Å². The minimum Gasteiger partial charge on any atom is -0.452 e. The second-order valence-corrected chi connectivity index (χ2v) is 5.24. The molecule has 5 nitrogen and oxygen atoms in total. The molecule has 7 heteroatoms. The van der Waals surface area contributed by atoms with Crippen LogP contribution in [0, 0.1) is 0 Å². The van der Waals surface area contributed by atoms with Crippen LogP contribution < -0.4 is 0 Å². The zero-order chi connectivity index (χ0) is 14.0. The highest BCUT2D eigenvalue weighted by Crippen LogP contribution is 2.19. The summed E-state index contributed by atoms with van der Waals surface area (Å²) in [6.07, 6.45) is 1.64. The quantitative estimate of drug-likeness (QED) is 0.854. The van der Waals surface area contributed by atoms with E-state index in [1.54, 1.807) is 30.1 Å². The van der Waals surface area contributed by atoms with Gasteiger partial charge in [0.1, 0.15) is 5.76 Å². The summed E-state index contributed by atoms with van der Waals surface area (Å²) in [6, 6.07) is 3.59. The van der Waals surface area contributed by atoms with Crippen LogP contribution in [-0.4, -0.2) is 27.6 Å². The van der Waals surface area contributed by atoms with Gasteiger partial charge >= 0.3 is 0 Å². The second kappa shape index (κ2) is 5.79. The highest BCUT2D eigenvalue weighted by molar-refractivity contribution is 9.10. The Morgan fingerprint density at radius 2 is 2.32 bits per heavy atom. The standard InChI is InChI=1S/C12H13BrClN3O2/c1-3-17-7-9(14)11(15-17)12(18)16(2)6-8-4-5-10(13)19-8/h4-5,7H,3,6H2,1-2H3. The normalized spacial score (nSPS) is 10.7. The molecule has 0 atom stereocenters. The Hall–Kier alpha value is -1.27. The lowest BCUT2D eigenvalue weighted by atomic mass is 10.3. The van der Waals surface area contributed by atoms with Crippen LogP contribution in [-0.2, 0) is 13.1 Å².